The Labute approximate surface area is 108 Å². The Balaban J connectivity index is 2.20. The summed E-state index contributed by atoms with van der Waals surface area (Å²) in [6.07, 6.45) is 0. The van der Waals surface area contributed by atoms with Crippen LogP contribution in [0.25, 0.3) is 16.4 Å². The van der Waals surface area contributed by atoms with Gasteiger partial charge in [-0.15, -0.1) is 16.4 Å². The quantitative estimate of drug-likeness (QED) is 0.662. The monoisotopic (exact) mass is 258 g/mol. The molecule has 0 aliphatic rings. The molecule has 2 aromatic heterocycles. The zero-order valence-electron chi connectivity index (χ0n) is 8.78. The van der Waals surface area contributed by atoms with Gasteiger partial charge in [0.05, 0.1) is 4.88 Å². The number of para-hydroxylation sites is 1. The highest BCUT2D eigenvalue weighted by molar-refractivity contribution is 7.58. The van der Waals surface area contributed by atoms with Gasteiger partial charge in [0.25, 0.3) is 0 Å². The molecule has 0 atom stereocenters. The van der Waals surface area contributed by atoms with E-state index in [9.17, 15) is 0 Å². The van der Waals surface area contributed by atoms with Crippen LogP contribution in [0.15, 0.2) is 53.0 Å². The Bertz CT molecular complexity index is 615. The molecule has 3 rings (SSSR count). The fraction of sp³-hybridized carbons (Fsp3) is 0. The Kier molecular flexibility index (Phi) is 2.62. The molecule has 17 heavy (non-hydrogen) atoms. The standard InChI is InChI=1S/C12H9N3S2/c16-12-14-13-11(10-7-4-8-17-10)15(12)9-5-2-1-3-6-9/h1-8H,(H,14,16)/p-1. The topological polar surface area (TPSA) is 30.7 Å². The smallest absolute Gasteiger partial charge is 0.177 e. The molecular weight excluding hydrogens is 250 g/mol. The van der Waals surface area contributed by atoms with Crippen LogP contribution in [0.2, 0.25) is 0 Å². The van der Waals surface area contributed by atoms with Gasteiger partial charge in [0.15, 0.2) is 5.82 Å². The van der Waals surface area contributed by atoms with Crippen molar-refractivity contribution < 1.29 is 0 Å². The average Bonchev–Trinajstić information content (AvgIpc) is 2.98. The highest BCUT2D eigenvalue weighted by Crippen LogP contribution is 2.26. The van der Waals surface area contributed by atoms with E-state index in [2.05, 4.69) is 10.2 Å². The number of hydrogen-bond acceptors (Lipinski definition) is 4. The molecule has 0 amide bonds. The van der Waals surface area contributed by atoms with E-state index in [-0.39, 0.29) is 0 Å². The van der Waals surface area contributed by atoms with Crippen LogP contribution >= 0.6 is 11.3 Å². The lowest BCUT2D eigenvalue weighted by Gasteiger charge is -2.11. The molecule has 3 aromatic rings. The first-order chi connectivity index (χ1) is 8.36. The molecule has 0 fully saturated rings. The first kappa shape index (κ1) is 10.4. The third kappa shape index (κ3) is 1.83. The summed E-state index contributed by atoms with van der Waals surface area (Å²) in [6.45, 7) is 0. The maximum atomic E-state index is 5.22. The van der Waals surface area contributed by atoms with Gasteiger partial charge < -0.3 is 12.6 Å². The molecule has 0 radical (unpaired) electrons. The molecule has 0 aliphatic carbocycles. The van der Waals surface area contributed by atoms with E-state index in [0.717, 1.165) is 16.4 Å². The van der Waals surface area contributed by atoms with Gasteiger partial charge in [0, 0.05) is 10.8 Å². The van der Waals surface area contributed by atoms with Crippen LogP contribution in [0.3, 0.4) is 0 Å². The van der Waals surface area contributed by atoms with Crippen LogP contribution in [0.1, 0.15) is 0 Å². The van der Waals surface area contributed by atoms with E-state index in [1.807, 2.05) is 52.4 Å². The molecular formula is C12H8N3S2-. The van der Waals surface area contributed by atoms with E-state index in [1.54, 1.807) is 11.3 Å². The van der Waals surface area contributed by atoms with Gasteiger partial charge in [-0.1, -0.05) is 24.3 Å². The SMILES string of the molecule is [S-]c1nnc(-c2cccs2)n1-c1ccccc1. The molecule has 0 aliphatic heterocycles. The van der Waals surface area contributed by atoms with Crippen molar-refractivity contribution in [3.63, 3.8) is 0 Å². The molecule has 2 heterocycles. The van der Waals surface area contributed by atoms with Gasteiger partial charge in [-0.25, -0.2) is 0 Å². The molecule has 0 saturated heterocycles. The minimum absolute atomic E-state index is 0.486. The Morgan fingerprint density at radius 2 is 1.82 bits per heavy atom. The summed E-state index contributed by atoms with van der Waals surface area (Å²) < 4.78 is 1.89. The minimum atomic E-state index is 0.486. The van der Waals surface area contributed by atoms with Crippen molar-refractivity contribution in [2.45, 2.75) is 5.16 Å². The van der Waals surface area contributed by atoms with Crippen molar-refractivity contribution in [3.05, 3.63) is 47.8 Å². The second-order valence-electron chi connectivity index (χ2n) is 3.45. The number of hydrogen-bond donors (Lipinski definition) is 0. The summed E-state index contributed by atoms with van der Waals surface area (Å²) in [5.41, 5.74) is 0.992. The number of benzene rings is 1. The zero-order valence-corrected chi connectivity index (χ0v) is 10.4. The van der Waals surface area contributed by atoms with Crippen molar-refractivity contribution in [1.82, 2.24) is 14.8 Å². The van der Waals surface area contributed by atoms with Crippen LogP contribution in [0, 0.1) is 0 Å². The lowest BCUT2D eigenvalue weighted by Crippen LogP contribution is -1.98. The van der Waals surface area contributed by atoms with E-state index < -0.39 is 0 Å². The summed E-state index contributed by atoms with van der Waals surface area (Å²) in [5, 5.41) is 10.6. The molecule has 3 nitrogen and oxygen atoms in total. The number of nitrogens with zero attached hydrogens (tertiary/aromatic N) is 3. The fourth-order valence-electron chi connectivity index (χ4n) is 1.65. The minimum Gasteiger partial charge on any atom is -0.740 e. The summed E-state index contributed by atoms with van der Waals surface area (Å²) in [5.74, 6) is 0.802. The zero-order chi connectivity index (χ0) is 11.7. The van der Waals surface area contributed by atoms with Gasteiger partial charge in [-0.05, 0) is 23.6 Å². The largest absolute Gasteiger partial charge is 0.740 e. The van der Waals surface area contributed by atoms with Crippen LogP contribution in [-0.2, 0) is 12.6 Å². The molecule has 0 bridgehead atoms. The number of rotatable bonds is 2. The van der Waals surface area contributed by atoms with Gasteiger partial charge >= 0.3 is 0 Å². The molecule has 0 spiro atoms. The maximum absolute atomic E-state index is 5.22. The lowest BCUT2D eigenvalue weighted by molar-refractivity contribution is 0.891. The summed E-state index contributed by atoms with van der Waals surface area (Å²) in [4.78, 5) is 1.07. The Morgan fingerprint density at radius 1 is 1.00 bits per heavy atom. The van der Waals surface area contributed by atoms with Crippen molar-refractivity contribution in [2.75, 3.05) is 0 Å². The van der Waals surface area contributed by atoms with E-state index >= 15 is 0 Å². The van der Waals surface area contributed by atoms with Crippen LogP contribution in [-0.4, -0.2) is 14.8 Å². The average molecular weight is 258 g/mol. The van der Waals surface area contributed by atoms with Crippen molar-refractivity contribution in [1.29, 1.82) is 0 Å². The van der Waals surface area contributed by atoms with Crippen molar-refractivity contribution >= 4 is 24.0 Å². The highest BCUT2D eigenvalue weighted by atomic mass is 32.1. The predicted octanol–water partition coefficient (Wildman–Crippen LogP) is 2.90. The normalized spacial score (nSPS) is 10.6. The maximum Gasteiger partial charge on any atom is 0.177 e. The summed E-state index contributed by atoms with van der Waals surface area (Å²) >= 11 is 6.85. The third-order valence-corrected chi connectivity index (χ3v) is 3.52. The van der Waals surface area contributed by atoms with Gasteiger partial charge in [0.1, 0.15) is 0 Å². The van der Waals surface area contributed by atoms with Gasteiger partial charge in [-0.3, -0.25) is 4.57 Å². The highest BCUT2D eigenvalue weighted by Gasteiger charge is 2.09. The second kappa shape index (κ2) is 4.27. The first-order valence-electron chi connectivity index (χ1n) is 5.08. The van der Waals surface area contributed by atoms with Gasteiger partial charge in [0.2, 0.25) is 0 Å². The van der Waals surface area contributed by atoms with E-state index in [4.69, 9.17) is 12.6 Å². The van der Waals surface area contributed by atoms with E-state index in [1.165, 1.54) is 0 Å². The van der Waals surface area contributed by atoms with Crippen LogP contribution in [0.5, 0.6) is 0 Å². The van der Waals surface area contributed by atoms with Gasteiger partial charge in [-0.2, -0.15) is 5.10 Å². The van der Waals surface area contributed by atoms with Crippen LogP contribution < -0.4 is 0 Å². The summed E-state index contributed by atoms with van der Waals surface area (Å²) in [7, 11) is 0. The second-order valence-corrected chi connectivity index (χ2v) is 4.77. The number of aromatic nitrogens is 3. The Morgan fingerprint density at radius 3 is 2.53 bits per heavy atom. The summed E-state index contributed by atoms with van der Waals surface area (Å²) in [6, 6.07) is 13.9. The molecule has 0 saturated carbocycles. The number of thiophene rings is 1. The Hall–Kier alpha value is -1.72. The predicted molar refractivity (Wildman–Crippen MR) is 70.3 cm³/mol. The molecule has 0 unspecified atom stereocenters. The fourth-order valence-corrected chi connectivity index (χ4v) is 2.58. The molecule has 84 valence electrons. The van der Waals surface area contributed by atoms with E-state index in [0.29, 0.717) is 5.16 Å². The lowest BCUT2D eigenvalue weighted by atomic mass is 10.3. The molecule has 0 N–H and O–H groups in total. The first-order valence-corrected chi connectivity index (χ1v) is 6.37. The van der Waals surface area contributed by atoms with Crippen molar-refractivity contribution in [2.24, 2.45) is 0 Å². The van der Waals surface area contributed by atoms with Crippen LogP contribution in [0.4, 0.5) is 0 Å². The van der Waals surface area contributed by atoms with Crippen molar-refractivity contribution in [3.8, 4) is 16.4 Å². The molecule has 5 heteroatoms. The molecule has 1 aromatic carbocycles. The third-order valence-electron chi connectivity index (χ3n) is 2.39.